The maximum Gasteiger partial charge on any atom is 0.122 e. The maximum atomic E-state index is 9.43. The van der Waals surface area contributed by atoms with Gasteiger partial charge in [-0.1, -0.05) is 99.6 Å². The van der Waals surface area contributed by atoms with Gasteiger partial charge in [-0.25, -0.2) is 0 Å². The number of methoxy groups -OCH3 is 3. The lowest BCUT2D eigenvalue weighted by Gasteiger charge is -2.57. The molecule has 1 N–H and O–H groups in total. The van der Waals surface area contributed by atoms with Crippen molar-refractivity contribution in [2.75, 3.05) is 54.0 Å². The fraction of sp³-hybridized carbons (Fsp3) is 0.538. The Labute approximate surface area is 675 Å². The maximum absolute atomic E-state index is 9.43. The van der Waals surface area contributed by atoms with Crippen molar-refractivity contribution in [3.05, 3.63) is 212 Å². The van der Waals surface area contributed by atoms with Crippen molar-refractivity contribution in [2.24, 2.45) is 35.5 Å². The Balaban J connectivity index is 0.000000121. The van der Waals surface area contributed by atoms with E-state index in [1.807, 2.05) is 26.4 Å². The average molecular weight is 1510 g/mol. The molecule has 4 heterocycles. The minimum Gasteiger partial charge on any atom is -0.508 e. The Morgan fingerprint density at radius 1 is 0.375 bits per heavy atom. The number of fused-ring (bicyclic) bond motifs is 4. The molecule has 2 atom stereocenters. The summed E-state index contributed by atoms with van der Waals surface area (Å²) in [5.41, 5.74) is 30.5. The lowest BCUT2D eigenvalue weighted by Crippen LogP contribution is -2.49. The van der Waals surface area contributed by atoms with Crippen LogP contribution in [0.1, 0.15) is 307 Å². The molecule has 8 heteroatoms. The van der Waals surface area contributed by atoms with Gasteiger partial charge in [-0.3, -0.25) is 0 Å². The molecule has 8 saturated carbocycles. The number of phenols is 1. The molecule has 596 valence electrons. The second-order valence-electron chi connectivity index (χ2n) is 39.8. The van der Waals surface area contributed by atoms with Crippen LogP contribution in [0.2, 0.25) is 0 Å². The molecule has 8 aromatic rings. The normalized spacial score (nSPS) is 25.8. The van der Waals surface area contributed by atoms with Gasteiger partial charge < -0.3 is 38.9 Å². The van der Waals surface area contributed by atoms with Crippen molar-refractivity contribution in [1.82, 2.24) is 0 Å². The zero-order valence-electron chi connectivity index (χ0n) is 72.3. The van der Waals surface area contributed by atoms with Crippen LogP contribution in [0.15, 0.2) is 140 Å². The number of rotatable bonds is 13. The van der Waals surface area contributed by atoms with Gasteiger partial charge >= 0.3 is 0 Å². The Hall–Kier alpha value is -7.84. The quantitative estimate of drug-likeness (QED) is 0.123. The minimum atomic E-state index is 0.0610. The Morgan fingerprint density at radius 3 is 1.19 bits per heavy atom. The predicted molar refractivity (Wildman–Crippen MR) is 472 cm³/mol. The standard InChI is InChI=1S/C33H45NO.C30H39NO.C23H31NO.C18H21NO/c1-20(2)27-15-28-22(4)16-32(5,6)34(30(28)10-21(27)3)26-8-9-31(35-7)29(14-26)33-17-23-11-24(18-33)13-25(12-23)19-33;1-19(2)26-14-24-6-5-9-31(28(24)10-20(26)3)25-7-8-29(32-4)27(15-25)30-16-21-11-22(17-30)13-23(12-21)18-30;1-15(2)20-13-21-17(4)14-23(5,6)24(22(21)12-16(20)3)18-8-10-19(25-7)11-9-18;1-13(2)14-5-10-18-15(12-14)4-3-11-19(18)16-6-8-17(20)9-7-16/h8-10,14-15,20,22-25H,11-13,16-19H2,1-7H3;7-8,10,14-15,19,21-23H,5-6,9,11-13,16-18H2,1-4H3;8-13,15,17H,14H2,1-7H3;5-10,12-13,20H,3-4,11H2,1-2H3. The largest absolute Gasteiger partial charge is 0.508 e. The SMILES string of the molecule is CC(C)c1ccc2c(c1)CCCN2c1ccc(O)cc1.COc1ccc(N2CCCc3cc(C(C)C)c(C)cc32)cc1C12CC3CC(CC(C3)C1)C2.COc1ccc(N2c3cc(C)c(C(C)C)cc3C(C)CC2(C)C)cc1.COc1ccc(N2c3cc(C)c(C(C)C)cc3C(C)CC2(C)C)cc1C12CC3CC(CC(C3)C1)C2. The highest BCUT2D eigenvalue weighted by Crippen LogP contribution is 2.65. The third kappa shape index (κ3) is 15.3. The van der Waals surface area contributed by atoms with Gasteiger partial charge in [0.05, 0.1) is 21.3 Å². The van der Waals surface area contributed by atoms with Crippen molar-refractivity contribution in [2.45, 2.75) is 291 Å². The molecular weight excluding hydrogens is 1370 g/mol. The summed E-state index contributed by atoms with van der Waals surface area (Å²) in [6, 6.07) is 51.9. The molecule has 4 aliphatic heterocycles. The van der Waals surface area contributed by atoms with Crippen LogP contribution in [0.5, 0.6) is 23.0 Å². The first-order chi connectivity index (χ1) is 53.4. The van der Waals surface area contributed by atoms with Gasteiger partial charge in [0.2, 0.25) is 0 Å². The number of benzene rings is 8. The van der Waals surface area contributed by atoms with Crippen LogP contribution >= 0.6 is 0 Å². The summed E-state index contributed by atoms with van der Waals surface area (Å²) in [5, 5.41) is 9.43. The molecule has 2 unspecified atom stereocenters. The van der Waals surface area contributed by atoms with Gasteiger partial charge in [0, 0.05) is 80.8 Å². The lowest BCUT2D eigenvalue weighted by atomic mass is 9.48. The zero-order valence-corrected chi connectivity index (χ0v) is 72.3. The van der Waals surface area contributed by atoms with Crippen LogP contribution in [-0.2, 0) is 23.7 Å². The van der Waals surface area contributed by atoms with Crippen molar-refractivity contribution >= 4 is 45.5 Å². The zero-order chi connectivity index (χ0) is 79.2. The molecule has 0 aromatic heterocycles. The third-order valence-electron chi connectivity index (χ3n) is 29.2. The first-order valence-corrected chi connectivity index (χ1v) is 44.0. The van der Waals surface area contributed by atoms with Crippen LogP contribution in [0.25, 0.3) is 0 Å². The van der Waals surface area contributed by atoms with Crippen LogP contribution in [0, 0.1) is 56.3 Å². The van der Waals surface area contributed by atoms with E-state index in [0.29, 0.717) is 52.1 Å². The number of anilines is 8. The highest BCUT2D eigenvalue weighted by Gasteiger charge is 2.55. The molecule has 8 aliphatic carbocycles. The lowest BCUT2D eigenvalue weighted by molar-refractivity contribution is -0.00627. The van der Waals surface area contributed by atoms with Crippen LogP contribution in [0.4, 0.5) is 45.5 Å². The van der Waals surface area contributed by atoms with Crippen molar-refractivity contribution in [3.63, 3.8) is 0 Å². The summed E-state index contributed by atoms with van der Waals surface area (Å²) in [6.45, 7) is 41.7. The highest BCUT2D eigenvalue weighted by molar-refractivity contribution is 5.77. The topological polar surface area (TPSA) is 60.9 Å². The summed E-state index contributed by atoms with van der Waals surface area (Å²) in [4.78, 5) is 10.1. The van der Waals surface area contributed by atoms with E-state index in [4.69, 9.17) is 14.2 Å². The molecular formula is C104H136N4O4. The first kappa shape index (κ1) is 79.4. The molecule has 0 spiro atoms. The number of nitrogens with zero attached hydrogens (tertiary/aromatic N) is 4. The fourth-order valence-electron chi connectivity index (χ4n) is 25.1. The second-order valence-corrected chi connectivity index (χ2v) is 39.8. The molecule has 112 heavy (non-hydrogen) atoms. The van der Waals surface area contributed by atoms with E-state index in [1.54, 1.807) is 19.2 Å². The van der Waals surface area contributed by atoms with Crippen molar-refractivity contribution < 1.29 is 19.3 Å². The molecule has 0 radical (unpaired) electrons. The number of aryl methyl sites for hydroxylation is 5. The van der Waals surface area contributed by atoms with E-state index in [2.05, 4.69) is 253 Å². The summed E-state index contributed by atoms with van der Waals surface area (Å²) in [7, 11) is 5.46. The molecule has 8 aromatic carbocycles. The smallest absolute Gasteiger partial charge is 0.122 e. The average Bonchev–Trinajstić information content (AvgIpc) is 0.736. The van der Waals surface area contributed by atoms with E-state index in [9.17, 15) is 5.11 Å². The van der Waals surface area contributed by atoms with Gasteiger partial charge in [0.25, 0.3) is 0 Å². The monoisotopic (exact) mass is 1510 g/mol. The van der Waals surface area contributed by atoms with Gasteiger partial charge in [-0.05, 0) is 416 Å². The van der Waals surface area contributed by atoms with Crippen LogP contribution < -0.4 is 33.8 Å². The summed E-state index contributed by atoms with van der Waals surface area (Å²) >= 11 is 0. The Bertz CT molecular complexity index is 4640. The van der Waals surface area contributed by atoms with E-state index in [-0.39, 0.29) is 11.1 Å². The van der Waals surface area contributed by atoms with Gasteiger partial charge in [0.1, 0.15) is 23.0 Å². The van der Waals surface area contributed by atoms with E-state index in [0.717, 1.165) is 84.4 Å². The molecule has 0 saturated heterocycles. The number of hydrogen-bond acceptors (Lipinski definition) is 8. The van der Waals surface area contributed by atoms with Gasteiger partial charge in [-0.15, -0.1) is 0 Å². The number of aromatic hydroxyl groups is 1. The van der Waals surface area contributed by atoms with Crippen molar-refractivity contribution in [3.8, 4) is 23.0 Å². The molecule has 8 bridgehead atoms. The van der Waals surface area contributed by atoms with E-state index >= 15 is 0 Å². The number of phenolic OH excluding ortho intramolecular Hbond substituents is 1. The van der Waals surface area contributed by atoms with E-state index in [1.165, 1.54) is 215 Å². The van der Waals surface area contributed by atoms with Gasteiger partial charge in [0.15, 0.2) is 0 Å². The summed E-state index contributed by atoms with van der Waals surface area (Å²) < 4.78 is 17.4. The van der Waals surface area contributed by atoms with Crippen LogP contribution in [0.3, 0.4) is 0 Å². The predicted octanol–water partition coefficient (Wildman–Crippen LogP) is 27.8. The van der Waals surface area contributed by atoms with Crippen LogP contribution in [-0.4, -0.2) is 50.6 Å². The van der Waals surface area contributed by atoms with E-state index < -0.39 is 0 Å². The number of hydrogen-bond donors (Lipinski definition) is 1. The second kappa shape index (κ2) is 31.4. The minimum absolute atomic E-state index is 0.0610. The third-order valence-corrected chi connectivity index (χ3v) is 29.2. The summed E-state index contributed by atoms with van der Waals surface area (Å²) in [6.07, 6.45) is 24.2. The molecule has 8 fully saturated rings. The fourth-order valence-corrected chi connectivity index (χ4v) is 25.1. The molecule has 20 rings (SSSR count). The highest BCUT2D eigenvalue weighted by atomic mass is 16.5. The Kier molecular flexibility index (Phi) is 22.3. The van der Waals surface area contributed by atoms with Gasteiger partial charge in [-0.2, -0.15) is 0 Å². The molecule has 8 nitrogen and oxygen atoms in total. The van der Waals surface area contributed by atoms with Crippen molar-refractivity contribution in [1.29, 1.82) is 0 Å². The first-order valence-electron chi connectivity index (χ1n) is 44.0. The number of ether oxygens (including phenoxy) is 3. The summed E-state index contributed by atoms with van der Waals surface area (Å²) in [5.74, 6) is 12.5. The Morgan fingerprint density at radius 2 is 0.759 bits per heavy atom. The molecule has 0 amide bonds. The molecule has 12 aliphatic rings.